The molecule has 3 aromatic rings. The van der Waals surface area contributed by atoms with E-state index in [2.05, 4.69) is 10.3 Å². The number of amides is 1. The molecule has 0 atom stereocenters. The van der Waals surface area contributed by atoms with E-state index in [1.54, 1.807) is 24.3 Å². The Balaban J connectivity index is 1.58. The number of anilines is 1. The Morgan fingerprint density at radius 3 is 2.86 bits per heavy atom. The number of hydrogen-bond donors (Lipinski definition) is 2. The van der Waals surface area contributed by atoms with Gasteiger partial charge in [0.2, 0.25) is 5.91 Å². The van der Waals surface area contributed by atoms with E-state index in [4.69, 9.17) is 16.3 Å². The number of halogens is 2. The zero-order valence-corrected chi connectivity index (χ0v) is 16.5. The van der Waals surface area contributed by atoms with Crippen molar-refractivity contribution in [2.45, 2.75) is 13.0 Å². The van der Waals surface area contributed by atoms with Gasteiger partial charge >= 0.3 is 0 Å². The molecule has 1 aliphatic rings. The van der Waals surface area contributed by atoms with Crippen molar-refractivity contribution in [3.8, 4) is 5.75 Å². The number of pyridine rings is 1. The van der Waals surface area contributed by atoms with Crippen LogP contribution < -0.4 is 15.5 Å². The first-order chi connectivity index (χ1) is 14.0. The lowest BCUT2D eigenvalue weighted by atomic mass is 10.0. The summed E-state index contributed by atoms with van der Waals surface area (Å²) in [5.41, 5.74) is 1.94. The number of fused-ring (bicyclic) bond motifs is 2. The van der Waals surface area contributed by atoms with Crippen LogP contribution in [0.15, 0.2) is 41.2 Å². The standard InChI is InChI=1S/C21H19ClFN3O3/c1-29-17-7-6-13(22)19-20(17)25-15-8-9-26(10-12(15)21(19)28)11-18(27)24-16-5-3-2-4-14(16)23/h2-7H,8-11H2,1H3,(H,24,27)(H,25,28). The summed E-state index contributed by atoms with van der Waals surface area (Å²) in [7, 11) is 1.54. The molecule has 29 heavy (non-hydrogen) atoms. The van der Waals surface area contributed by atoms with Gasteiger partial charge in [-0.2, -0.15) is 0 Å². The summed E-state index contributed by atoms with van der Waals surface area (Å²) < 4.78 is 19.1. The van der Waals surface area contributed by atoms with Crippen molar-refractivity contribution in [2.24, 2.45) is 0 Å². The molecule has 0 fully saturated rings. The van der Waals surface area contributed by atoms with E-state index in [-0.39, 0.29) is 23.6 Å². The van der Waals surface area contributed by atoms with Crippen molar-refractivity contribution in [1.82, 2.24) is 9.88 Å². The molecule has 0 unspecified atom stereocenters. The summed E-state index contributed by atoms with van der Waals surface area (Å²) in [6.07, 6.45) is 0.573. The van der Waals surface area contributed by atoms with Crippen LogP contribution in [-0.2, 0) is 17.8 Å². The lowest BCUT2D eigenvalue weighted by Crippen LogP contribution is -2.39. The number of para-hydroxylation sites is 1. The molecule has 0 saturated heterocycles. The first-order valence-electron chi connectivity index (χ1n) is 9.15. The second-order valence-electron chi connectivity index (χ2n) is 6.90. The van der Waals surface area contributed by atoms with E-state index < -0.39 is 5.82 Å². The summed E-state index contributed by atoms with van der Waals surface area (Å²) in [4.78, 5) is 30.6. The third-order valence-electron chi connectivity index (χ3n) is 5.05. The third-order valence-corrected chi connectivity index (χ3v) is 5.37. The topological polar surface area (TPSA) is 74.4 Å². The van der Waals surface area contributed by atoms with Gasteiger partial charge in [-0.05, 0) is 24.3 Å². The Kier molecular flexibility index (Phi) is 5.25. The number of H-pyrrole nitrogens is 1. The molecule has 2 aromatic carbocycles. The number of nitrogens with zero attached hydrogens (tertiary/aromatic N) is 1. The molecule has 0 bridgehead atoms. The Labute approximate surface area is 171 Å². The van der Waals surface area contributed by atoms with Crippen molar-refractivity contribution in [3.63, 3.8) is 0 Å². The van der Waals surface area contributed by atoms with Gasteiger partial charge in [0, 0.05) is 30.8 Å². The average Bonchev–Trinajstić information content (AvgIpc) is 2.70. The summed E-state index contributed by atoms with van der Waals surface area (Å²) in [5.74, 6) is -0.275. The number of methoxy groups -OCH3 is 1. The molecule has 150 valence electrons. The second kappa shape index (κ2) is 7.85. The molecule has 2 heterocycles. The minimum Gasteiger partial charge on any atom is -0.495 e. The molecule has 1 aromatic heterocycles. The quantitative estimate of drug-likeness (QED) is 0.685. The fourth-order valence-corrected chi connectivity index (χ4v) is 3.88. The largest absolute Gasteiger partial charge is 0.495 e. The molecule has 0 saturated carbocycles. The number of benzene rings is 2. The first-order valence-corrected chi connectivity index (χ1v) is 9.52. The van der Waals surface area contributed by atoms with E-state index in [0.717, 1.165) is 5.69 Å². The van der Waals surface area contributed by atoms with Crippen molar-refractivity contribution in [1.29, 1.82) is 0 Å². The average molecular weight is 416 g/mol. The molecule has 0 aliphatic carbocycles. The maximum atomic E-state index is 13.7. The molecule has 2 N–H and O–H groups in total. The maximum absolute atomic E-state index is 13.7. The van der Waals surface area contributed by atoms with Gasteiger partial charge in [-0.3, -0.25) is 14.5 Å². The SMILES string of the molecule is COc1ccc(Cl)c2c(=O)c3c([nH]c12)CCN(CC(=O)Nc1ccccc1F)C3. The highest BCUT2D eigenvalue weighted by atomic mass is 35.5. The zero-order valence-electron chi connectivity index (χ0n) is 15.7. The number of hydrogen-bond acceptors (Lipinski definition) is 4. The smallest absolute Gasteiger partial charge is 0.238 e. The molecule has 0 radical (unpaired) electrons. The van der Waals surface area contributed by atoms with Crippen LogP contribution in [0.25, 0.3) is 10.9 Å². The van der Waals surface area contributed by atoms with E-state index >= 15 is 0 Å². The first kappa shape index (κ1) is 19.4. The van der Waals surface area contributed by atoms with E-state index in [9.17, 15) is 14.0 Å². The van der Waals surface area contributed by atoms with Crippen molar-refractivity contribution >= 4 is 34.1 Å². The summed E-state index contributed by atoms with van der Waals surface area (Å²) in [5, 5.41) is 3.29. The Morgan fingerprint density at radius 2 is 2.10 bits per heavy atom. The second-order valence-corrected chi connectivity index (χ2v) is 7.31. The van der Waals surface area contributed by atoms with Crippen LogP contribution >= 0.6 is 11.6 Å². The van der Waals surface area contributed by atoms with Crippen LogP contribution in [0.1, 0.15) is 11.3 Å². The van der Waals surface area contributed by atoms with Crippen molar-refractivity contribution in [2.75, 3.05) is 25.5 Å². The van der Waals surface area contributed by atoms with Gasteiger partial charge in [0.05, 0.1) is 35.3 Å². The Bertz CT molecular complexity index is 1160. The predicted octanol–water partition coefficient (Wildman–Crippen LogP) is 3.33. The normalized spacial score (nSPS) is 13.9. The number of ether oxygens (including phenoxy) is 1. The fourth-order valence-electron chi connectivity index (χ4n) is 3.63. The number of carbonyl (C=O) groups is 1. The van der Waals surface area contributed by atoms with Crippen LogP contribution in [0.5, 0.6) is 5.75 Å². The number of carbonyl (C=O) groups excluding carboxylic acids is 1. The van der Waals surface area contributed by atoms with E-state index in [1.165, 1.54) is 19.2 Å². The summed E-state index contributed by atoms with van der Waals surface area (Å²) in [6.45, 7) is 0.942. The van der Waals surface area contributed by atoms with Crippen LogP contribution in [0.4, 0.5) is 10.1 Å². The number of aromatic amines is 1. The Hall–Kier alpha value is -2.90. The highest BCUT2D eigenvalue weighted by molar-refractivity contribution is 6.35. The third kappa shape index (κ3) is 3.71. The molecular weight excluding hydrogens is 397 g/mol. The predicted molar refractivity (Wildman–Crippen MR) is 110 cm³/mol. The highest BCUT2D eigenvalue weighted by Crippen LogP contribution is 2.30. The van der Waals surface area contributed by atoms with Gasteiger partial charge in [-0.25, -0.2) is 4.39 Å². The van der Waals surface area contributed by atoms with Gasteiger partial charge in [0.25, 0.3) is 0 Å². The minimum atomic E-state index is -0.489. The van der Waals surface area contributed by atoms with Gasteiger partial charge in [0.1, 0.15) is 11.6 Å². The maximum Gasteiger partial charge on any atom is 0.238 e. The highest BCUT2D eigenvalue weighted by Gasteiger charge is 2.24. The van der Waals surface area contributed by atoms with E-state index in [1.807, 2.05) is 4.90 Å². The lowest BCUT2D eigenvalue weighted by Gasteiger charge is -2.28. The molecule has 6 nitrogen and oxygen atoms in total. The van der Waals surface area contributed by atoms with Gasteiger partial charge in [-0.1, -0.05) is 23.7 Å². The molecule has 0 spiro atoms. The Morgan fingerprint density at radius 1 is 1.31 bits per heavy atom. The van der Waals surface area contributed by atoms with Crippen molar-refractivity contribution < 1.29 is 13.9 Å². The van der Waals surface area contributed by atoms with Gasteiger partial charge in [0.15, 0.2) is 5.43 Å². The zero-order chi connectivity index (χ0) is 20.5. The fraction of sp³-hybridized carbons (Fsp3) is 0.238. The minimum absolute atomic E-state index is 0.0527. The monoisotopic (exact) mass is 415 g/mol. The lowest BCUT2D eigenvalue weighted by molar-refractivity contribution is -0.117. The molecule has 1 amide bonds. The number of aromatic nitrogens is 1. The van der Waals surface area contributed by atoms with Crippen LogP contribution in [0, 0.1) is 5.82 Å². The van der Waals surface area contributed by atoms with E-state index in [0.29, 0.717) is 46.7 Å². The number of nitrogens with one attached hydrogen (secondary N) is 2. The molecule has 1 aliphatic heterocycles. The number of rotatable bonds is 4. The molecule has 4 rings (SSSR count). The molecule has 8 heteroatoms. The van der Waals surface area contributed by atoms with Crippen LogP contribution in [0.2, 0.25) is 5.02 Å². The van der Waals surface area contributed by atoms with Gasteiger partial charge in [-0.15, -0.1) is 0 Å². The van der Waals surface area contributed by atoms with Gasteiger partial charge < -0.3 is 15.0 Å². The molecular formula is C21H19ClFN3O3. The van der Waals surface area contributed by atoms with Crippen LogP contribution in [0.3, 0.4) is 0 Å². The summed E-state index contributed by atoms with van der Waals surface area (Å²) in [6, 6.07) is 9.35. The van der Waals surface area contributed by atoms with Crippen LogP contribution in [-0.4, -0.2) is 36.0 Å². The summed E-state index contributed by atoms with van der Waals surface area (Å²) >= 11 is 6.27. The van der Waals surface area contributed by atoms with Crippen molar-refractivity contribution in [3.05, 3.63) is 68.7 Å².